The van der Waals surface area contributed by atoms with Crippen molar-refractivity contribution in [3.05, 3.63) is 59.2 Å². The molecule has 2 rings (SSSR count). The van der Waals surface area contributed by atoms with Gasteiger partial charge in [0.05, 0.1) is 7.11 Å². The second-order valence-corrected chi connectivity index (χ2v) is 7.58. The molecule has 0 radical (unpaired) electrons. The van der Waals surface area contributed by atoms with E-state index in [0.29, 0.717) is 18.0 Å². The van der Waals surface area contributed by atoms with E-state index < -0.39 is 0 Å². The normalized spacial score (nSPS) is 11.2. The van der Waals surface area contributed by atoms with Gasteiger partial charge in [-0.25, -0.2) is 0 Å². The maximum atomic E-state index is 11.6. The Morgan fingerprint density at radius 2 is 1.79 bits per heavy atom. The first-order valence-electron chi connectivity index (χ1n) is 9.70. The highest BCUT2D eigenvalue weighted by molar-refractivity contribution is 5.77. The lowest BCUT2D eigenvalue weighted by molar-refractivity contribution is -0.123. The summed E-state index contributed by atoms with van der Waals surface area (Å²) < 4.78 is 11.0. The number of benzene rings is 2. The molecule has 5 nitrogen and oxygen atoms in total. The first kappa shape index (κ1) is 21.8. The molecule has 0 spiro atoms. The van der Waals surface area contributed by atoms with E-state index in [1.165, 1.54) is 11.1 Å². The molecule has 152 valence electrons. The average Bonchev–Trinajstić information content (AvgIpc) is 2.67. The van der Waals surface area contributed by atoms with Gasteiger partial charge in [0.25, 0.3) is 5.91 Å². The van der Waals surface area contributed by atoms with Crippen LogP contribution in [0.2, 0.25) is 0 Å². The zero-order valence-corrected chi connectivity index (χ0v) is 17.6. The van der Waals surface area contributed by atoms with Crippen LogP contribution in [0.5, 0.6) is 11.5 Å². The second kappa shape index (κ2) is 10.1. The summed E-state index contributed by atoms with van der Waals surface area (Å²) in [6, 6.07) is 14.5. The van der Waals surface area contributed by atoms with Crippen LogP contribution in [0.25, 0.3) is 0 Å². The van der Waals surface area contributed by atoms with Crippen LogP contribution < -0.4 is 20.1 Å². The van der Waals surface area contributed by atoms with Gasteiger partial charge < -0.3 is 20.1 Å². The maximum Gasteiger partial charge on any atom is 0.257 e. The van der Waals surface area contributed by atoms with E-state index in [2.05, 4.69) is 55.7 Å². The predicted octanol–water partition coefficient (Wildman–Crippen LogP) is 3.59. The SMILES string of the molecule is CCNC(=O)COc1ccc(CNCC(C)(C)c2ccc(C)cc2)cc1OC. The number of carbonyl (C=O) groups excluding carboxylic acids is 1. The lowest BCUT2D eigenvalue weighted by atomic mass is 9.84. The van der Waals surface area contributed by atoms with Gasteiger partial charge in [-0.15, -0.1) is 0 Å². The van der Waals surface area contributed by atoms with Crippen molar-refractivity contribution in [2.45, 2.75) is 39.7 Å². The van der Waals surface area contributed by atoms with Gasteiger partial charge in [0.1, 0.15) is 0 Å². The Kier molecular flexibility index (Phi) is 7.88. The predicted molar refractivity (Wildman–Crippen MR) is 113 cm³/mol. The Hall–Kier alpha value is -2.53. The summed E-state index contributed by atoms with van der Waals surface area (Å²) in [6.45, 7) is 10.6. The molecule has 0 aliphatic heterocycles. The Labute approximate surface area is 168 Å². The van der Waals surface area contributed by atoms with E-state index >= 15 is 0 Å². The van der Waals surface area contributed by atoms with Crippen LogP contribution in [0, 0.1) is 6.92 Å². The monoisotopic (exact) mass is 384 g/mol. The average molecular weight is 385 g/mol. The molecule has 0 aromatic heterocycles. The molecule has 0 bridgehead atoms. The lowest BCUT2D eigenvalue weighted by Crippen LogP contribution is -2.32. The fourth-order valence-electron chi connectivity index (χ4n) is 2.96. The molecule has 0 fully saturated rings. The van der Waals surface area contributed by atoms with Crippen molar-refractivity contribution >= 4 is 5.91 Å². The summed E-state index contributed by atoms with van der Waals surface area (Å²) in [6.07, 6.45) is 0. The van der Waals surface area contributed by atoms with Gasteiger partial charge in [0.2, 0.25) is 0 Å². The van der Waals surface area contributed by atoms with Crippen LogP contribution >= 0.6 is 0 Å². The number of methoxy groups -OCH3 is 1. The molecule has 0 saturated carbocycles. The number of amides is 1. The minimum Gasteiger partial charge on any atom is -0.493 e. The minimum absolute atomic E-state index is 0.0213. The molecule has 0 aliphatic carbocycles. The molecule has 5 heteroatoms. The van der Waals surface area contributed by atoms with Crippen LogP contribution in [0.3, 0.4) is 0 Å². The summed E-state index contributed by atoms with van der Waals surface area (Å²) >= 11 is 0. The van der Waals surface area contributed by atoms with Gasteiger partial charge in [-0.3, -0.25) is 4.79 Å². The number of hydrogen-bond donors (Lipinski definition) is 2. The highest BCUT2D eigenvalue weighted by atomic mass is 16.5. The Balaban J connectivity index is 1.93. The molecule has 0 unspecified atom stereocenters. The number of nitrogens with one attached hydrogen (secondary N) is 2. The summed E-state index contributed by atoms with van der Waals surface area (Å²) in [5.74, 6) is 1.05. The van der Waals surface area contributed by atoms with Gasteiger partial charge in [0.15, 0.2) is 18.1 Å². The van der Waals surface area contributed by atoms with Gasteiger partial charge in [0, 0.05) is 25.0 Å². The van der Waals surface area contributed by atoms with Crippen LogP contribution in [-0.4, -0.2) is 32.7 Å². The summed E-state index contributed by atoms with van der Waals surface area (Å²) in [5.41, 5.74) is 3.72. The summed E-state index contributed by atoms with van der Waals surface area (Å²) in [5, 5.41) is 6.24. The summed E-state index contributed by atoms with van der Waals surface area (Å²) in [4.78, 5) is 11.6. The maximum absolute atomic E-state index is 11.6. The molecular weight excluding hydrogens is 352 g/mol. The van der Waals surface area contributed by atoms with E-state index in [9.17, 15) is 4.79 Å². The summed E-state index contributed by atoms with van der Waals surface area (Å²) in [7, 11) is 1.60. The number of hydrogen-bond acceptors (Lipinski definition) is 4. The molecule has 2 aromatic rings. The Bertz CT molecular complexity index is 770. The van der Waals surface area contributed by atoms with Crippen molar-refractivity contribution in [3.63, 3.8) is 0 Å². The van der Waals surface area contributed by atoms with E-state index in [0.717, 1.165) is 18.7 Å². The van der Waals surface area contributed by atoms with Gasteiger partial charge >= 0.3 is 0 Å². The molecule has 2 aromatic carbocycles. The standard InChI is InChI=1S/C23H32N2O3/c1-6-25-22(26)15-28-20-12-9-18(13-21(20)27-5)14-24-16-23(3,4)19-10-7-17(2)8-11-19/h7-13,24H,6,14-16H2,1-5H3,(H,25,26). The quantitative estimate of drug-likeness (QED) is 0.657. The van der Waals surface area contributed by atoms with Crippen molar-refractivity contribution in [1.82, 2.24) is 10.6 Å². The van der Waals surface area contributed by atoms with Crippen molar-refractivity contribution in [3.8, 4) is 11.5 Å². The highest BCUT2D eigenvalue weighted by Gasteiger charge is 2.20. The number of carbonyl (C=O) groups is 1. The zero-order chi connectivity index (χ0) is 20.6. The van der Waals surface area contributed by atoms with Crippen LogP contribution in [0.15, 0.2) is 42.5 Å². The van der Waals surface area contributed by atoms with Crippen LogP contribution in [0.1, 0.15) is 37.5 Å². The first-order chi connectivity index (χ1) is 13.4. The molecule has 0 atom stereocenters. The fraction of sp³-hybridized carbons (Fsp3) is 0.435. The van der Waals surface area contributed by atoms with Gasteiger partial charge in [-0.2, -0.15) is 0 Å². The Morgan fingerprint density at radius 1 is 1.07 bits per heavy atom. The number of rotatable bonds is 10. The first-order valence-corrected chi connectivity index (χ1v) is 9.70. The van der Waals surface area contributed by atoms with Crippen molar-refractivity contribution < 1.29 is 14.3 Å². The van der Waals surface area contributed by atoms with Crippen molar-refractivity contribution in [2.75, 3.05) is 26.8 Å². The van der Waals surface area contributed by atoms with E-state index in [1.54, 1.807) is 7.11 Å². The van der Waals surface area contributed by atoms with Gasteiger partial charge in [-0.1, -0.05) is 49.7 Å². The highest BCUT2D eigenvalue weighted by Crippen LogP contribution is 2.28. The van der Waals surface area contributed by atoms with E-state index in [-0.39, 0.29) is 17.9 Å². The number of aryl methyl sites for hydroxylation is 1. The molecule has 0 saturated heterocycles. The van der Waals surface area contributed by atoms with Crippen LogP contribution in [-0.2, 0) is 16.8 Å². The topological polar surface area (TPSA) is 59.6 Å². The molecule has 28 heavy (non-hydrogen) atoms. The smallest absolute Gasteiger partial charge is 0.257 e. The fourth-order valence-corrected chi connectivity index (χ4v) is 2.96. The third-order valence-corrected chi connectivity index (χ3v) is 4.69. The number of likely N-dealkylation sites (N-methyl/N-ethyl adjacent to an activating group) is 1. The largest absolute Gasteiger partial charge is 0.493 e. The Morgan fingerprint density at radius 3 is 2.43 bits per heavy atom. The van der Waals surface area contributed by atoms with Crippen molar-refractivity contribution in [2.24, 2.45) is 0 Å². The molecule has 0 aliphatic rings. The lowest BCUT2D eigenvalue weighted by Gasteiger charge is -2.26. The molecular formula is C23H32N2O3. The number of ether oxygens (including phenoxy) is 2. The van der Waals surface area contributed by atoms with E-state index in [1.807, 2.05) is 25.1 Å². The molecule has 0 heterocycles. The van der Waals surface area contributed by atoms with E-state index in [4.69, 9.17) is 9.47 Å². The third-order valence-electron chi connectivity index (χ3n) is 4.69. The second-order valence-electron chi connectivity index (χ2n) is 7.58. The minimum atomic E-state index is -0.145. The zero-order valence-electron chi connectivity index (χ0n) is 17.6. The van der Waals surface area contributed by atoms with Crippen LogP contribution in [0.4, 0.5) is 0 Å². The van der Waals surface area contributed by atoms with Gasteiger partial charge in [-0.05, 0) is 37.1 Å². The molecule has 1 amide bonds. The molecule has 2 N–H and O–H groups in total. The third kappa shape index (κ3) is 6.27. The van der Waals surface area contributed by atoms with Crippen molar-refractivity contribution in [1.29, 1.82) is 0 Å².